The van der Waals surface area contributed by atoms with E-state index in [0.717, 1.165) is 42.7 Å². The van der Waals surface area contributed by atoms with E-state index in [1.165, 1.54) is 6.92 Å². The van der Waals surface area contributed by atoms with Crippen LogP contribution in [0.1, 0.15) is 36.2 Å². The quantitative estimate of drug-likeness (QED) is 0.662. The molecule has 1 amide bonds. The van der Waals surface area contributed by atoms with Crippen LogP contribution in [0.4, 0.5) is 13.2 Å². The van der Waals surface area contributed by atoms with Gasteiger partial charge in [0, 0.05) is 6.04 Å². The molecule has 156 valence electrons. The van der Waals surface area contributed by atoms with Gasteiger partial charge in [0.25, 0.3) is 5.91 Å². The summed E-state index contributed by atoms with van der Waals surface area (Å²) in [5.74, 6) is -1.72. The maximum atomic E-state index is 12.2. The van der Waals surface area contributed by atoms with E-state index in [9.17, 15) is 22.8 Å². The minimum atomic E-state index is -4.81. The largest absolute Gasteiger partial charge is 0.573 e. The molecule has 2 rings (SSSR count). The van der Waals surface area contributed by atoms with Crippen molar-refractivity contribution in [1.82, 2.24) is 5.32 Å². The second kappa shape index (κ2) is 9.95. The Balaban J connectivity index is 1.81. The Morgan fingerprint density at radius 2 is 1.62 bits per heavy atom. The third-order valence-electron chi connectivity index (χ3n) is 4.07. The lowest BCUT2D eigenvalue weighted by Crippen LogP contribution is -2.41. The fraction of sp³-hybridized carbons (Fsp3) is 0.333. The van der Waals surface area contributed by atoms with Gasteiger partial charge in [-0.05, 0) is 56.5 Å². The molecule has 0 unspecified atom stereocenters. The molecule has 0 saturated carbocycles. The highest BCUT2D eigenvalue weighted by Gasteiger charge is 2.31. The predicted molar refractivity (Wildman–Crippen MR) is 100 cm³/mol. The average molecular weight is 409 g/mol. The van der Waals surface area contributed by atoms with E-state index in [2.05, 4.69) is 10.1 Å². The summed E-state index contributed by atoms with van der Waals surface area (Å²) < 4.78 is 45.3. The number of benzene rings is 2. The van der Waals surface area contributed by atoms with E-state index in [1.54, 1.807) is 0 Å². The van der Waals surface area contributed by atoms with Gasteiger partial charge in [-0.1, -0.05) is 30.3 Å². The van der Waals surface area contributed by atoms with Crippen molar-refractivity contribution >= 4 is 11.9 Å². The van der Waals surface area contributed by atoms with Crippen LogP contribution in [0, 0.1) is 0 Å². The van der Waals surface area contributed by atoms with Crippen molar-refractivity contribution in [1.29, 1.82) is 0 Å². The molecule has 0 spiro atoms. The normalized spacial score (nSPS) is 13.3. The summed E-state index contributed by atoms with van der Waals surface area (Å²) in [6.45, 7) is 3.28. The van der Waals surface area contributed by atoms with Gasteiger partial charge in [0.05, 0.1) is 5.56 Å². The predicted octanol–water partition coefficient (Wildman–Crippen LogP) is 4.27. The number of rotatable bonds is 8. The van der Waals surface area contributed by atoms with E-state index in [1.807, 2.05) is 37.3 Å². The number of alkyl halides is 3. The van der Waals surface area contributed by atoms with Crippen molar-refractivity contribution in [3.05, 3.63) is 65.7 Å². The molecule has 0 aliphatic heterocycles. The SMILES string of the molecule is C[C@@H](CCc1ccccc1)NC(=O)[C@@H](C)OC(=O)c1ccc(OC(F)(F)F)cc1. The maximum Gasteiger partial charge on any atom is 0.573 e. The highest BCUT2D eigenvalue weighted by Crippen LogP contribution is 2.23. The van der Waals surface area contributed by atoms with E-state index < -0.39 is 30.1 Å². The van der Waals surface area contributed by atoms with Crippen molar-refractivity contribution in [2.24, 2.45) is 0 Å². The summed E-state index contributed by atoms with van der Waals surface area (Å²) in [5.41, 5.74) is 1.17. The van der Waals surface area contributed by atoms with Gasteiger partial charge in [0.15, 0.2) is 6.10 Å². The summed E-state index contributed by atoms with van der Waals surface area (Å²) in [6, 6.07) is 14.0. The van der Waals surface area contributed by atoms with Crippen molar-refractivity contribution < 1.29 is 32.2 Å². The molecule has 0 aliphatic carbocycles. The highest BCUT2D eigenvalue weighted by molar-refractivity contribution is 5.92. The first-order valence-electron chi connectivity index (χ1n) is 9.05. The number of hydrogen-bond donors (Lipinski definition) is 1. The standard InChI is InChI=1S/C21H22F3NO4/c1-14(8-9-16-6-4-3-5-7-16)25-19(26)15(2)28-20(27)17-10-12-18(13-11-17)29-21(22,23)24/h3-7,10-15H,8-9H2,1-2H3,(H,25,26)/t14-,15+/m0/s1. The molecule has 2 aromatic carbocycles. The van der Waals surface area contributed by atoms with Crippen LogP contribution >= 0.6 is 0 Å². The molecule has 0 heterocycles. The molecule has 5 nitrogen and oxygen atoms in total. The molecule has 29 heavy (non-hydrogen) atoms. The number of carbonyl (C=O) groups excluding carboxylic acids is 2. The van der Waals surface area contributed by atoms with Gasteiger partial charge in [-0.25, -0.2) is 4.79 Å². The Kier molecular flexibility index (Phi) is 7.64. The average Bonchev–Trinajstić information content (AvgIpc) is 2.66. The minimum Gasteiger partial charge on any atom is -0.449 e. The van der Waals surface area contributed by atoms with E-state index in [4.69, 9.17) is 4.74 Å². The van der Waals surface area contributed by atoms with Crippen LogP contribution < -0.4 is 10.1 Å². The Labute approximate surface area is 166 Å². The Bertz CT molecular complexity index is 807. The monoisotopic (exact) mass is 409 g/mol. The van der Waals surface area contributed by atoms with E-state index in [0.29, 0.717) is 0 Å². The van der Waals surface area contributed by atoms with Gasteiger partial charge in [0.1, 0.15) is 5.75 Å². The molecule has 0 aromatic heterocycles. The number of carbonyl (C=O) groups is 2. The summed E-state index contributed by atoms with van der Waals surface area (Å²) in [6.07, 6.45) is -4.35. The molecule has 2 aromatic rings. The van der Waals surface area contributed by atoms with Crippen LogP contribution in [0.3, 0.4) is 0 Å². The summed E-state index contributed by atoms with van der Waals surface area (Å²) >= 11 is 0. The fourth-order valence-corrected chi connectivity index (χ4v) is 2.54. The fourth-order valence-electron chi connectivity index (χ4n) is 2.54. The van der Waals surface area contributed by atoms with Crippen LogP contribution in [-0.2, 0) is 16.0 Å². The smallest absolute Gasteiger partial charge is 0.449 e. The van der Waals surface area contributed by atoms with E-state index in [-0.39, 0.29) is 11.6 Å². The van der Waals surface area contributed by atoms with Gasteiger partial charge in [-0.2, -0.15) is 0 Å². The number of aryl methyl sites for hydroxylation is 1. The number of halogens is 3. The molecular weight excluding hydrogens is 387 g/mol. The molecule has 1 N–H and O–H groups in total. The van der Waals surface area contributed by atoms with Crippen molar-refractivity contribution in [2.75, 3.05) is 0 Å². The Morgan fingerprint density at radius 3 is 2.21 bits per heavy atom. The first-order chi connectivity index (χ1) is 13.6. The first kappa shape index (κ1) is 22.3. The van der Waals surface area contributed by atoms with Crippen molar-refractivity contribution in [3.8, 4) is 5.75 Å². The third-order valence-corrected chi connectivity index (χ3v) is 4.07. The second-order valence-corrected chi connectivity index (χ2v) is 6.55. The first-order valence-corrected chi connectivity index (χ1v) is 9.05. The van der Waals surface area contributed by atoms with Crippen LogP contribution in [0.2, 0.25) is 0 Å². The van der Waals surface area contributed by atoms with E-state index >= 15 is 0 Å². The molecule has 0 aliphatic rings. The number of ether oxygens (including phenoxy) is 2. The Hall–Kier alpha value is -3.03. The molecule has 8 heteroatoms. The van der Waals surface area contributed by atoms with Gasteiger partial charge in [-0.15, -0.1) is 13.2 Å². The van der Waals surface area contributed by atoms with Gasteiger partial charge in [-0.3, -0.25) is 4.79 Å². The zero-order chi connectivity index (χ0) is 21.4. The van der Waals surface area contributed by atoms with Gasteiger partial charge >= 0.3 is 12.3 Å². The van der Waals surface area contributed by atoms with Crippen LogP contribution in [0.25, 0.3) is 0 Å². The molecule has 0 saturated heterocycles. The molecule has 2 atom stereocenters. The number of amides is 1. The van der Waals surface area contributed by atoms with Crippen molar-refractivity contribution in [3.63, 3.8) is 0 Å². The van der Waals surface area contributed by atoms with Crippen LogP contribution in [0.5, 0.6) is 5.75 Å². The van der Waals surface area contributed by atoms with Crippen LogP contribution in [0.15, 0.2) is 54.6 Å². The maximum absolute atomic E-state index is 12.2. The number of hydrogen-bond acceptors (Lipinski definition) is 4. The summed E-state index contributed by atoms with van der Waals surface area (Å²) in [5, 5.41) is 2.78. The number of nitrogens with one attached hydrogen (secondary N) is 1. The van der Waals surface area contributed by atoms with Crippen molar-refractivity contribution in [2.45, 2.75) is 45.2 Å². The lowest BCUT2D eigenvalue weighted by Gasteiger charge is -2.18. The number of esters is 1. The van der Waals surface area contributed by atoms with Crippen LogP contribution in [-0.4, -0.2) is 30.4 Å². The molecular formula is C21H22F3NO4. The lowest BCUT2D eigenvalue weighted by atomic mass is 10.1. The Morgan fingerprint density at radius 1 is 1.00 bits per heavy atom. The zero-order valence-electron chi connectivity index (χ0n) is 16.0. The molecule has 0 fully saturated rings. The second-order valence-electron chi connectivity index (χ2n) is 6.55. The lowest BCUT2D eigenvalue weighted by molar-refractivity contribution is -0.274. The summed E-state index contributed by atoms with van der Waals surface area (Å²) in [4.78, 5) is 24.3. The minimum absolute atomic E-state index is 0.0105. The molecule has 0 radical (unpaired) electrons. The van der Waals surface area contributed by atoms with Gasteiger partial charge in [0.2, 0.25) is 0 Å². The topological polar surface area (TPSA) is 64.6 Å². The third kappa shape index (κ3) is 7.85. The highest BCUT2D eigenvalue weighted by atomic mass is 19.4. The molecule has 0 bridgehead atoms. The summed E-state index contributed by atoms with van der Waals surface area (Å²) in [7, 11) is 0. The zero-order valence-corrected chi connectivity index (χ0v) is 16.0. The van der Waals surface area contributed by atoms with Gasteiger partial charge < -0.3 is 14.8 Å².